The number of fused-ring (bicyclic) bond motifs is 3. The summed E-state index contributed by atoms with van der Waals surface area (Å²) >= 11 is 0. The smallest absolute Gasteiger partial charge is 0.126 e. The summed E-state index contributed by atoms with van der Waals surface area (Å²) in [6.45, 7) is 6.67. The van der Waals surface area contributed by atoms with Gasteiger partial charge < -0.3 is 9.59 Å². The lowest BCUT2D eigenvalue weighted by Crippen LogP contribution is -2.52. The van der Waals surface area contributed by atoms with E-state index in [-0.39, 0.29) is 16.2 Å². The first-order valence-corrected chi connectivity index (χ1v) is 8.53. The maximum Gasteiger partial charge on any atom is 0.126 e. The van der Waals surface area contributed by atoms with E-state index in [1.54, 1.807) is 0 Å². The third kappa shape index (κ3) is 1.98. The molecular formula is C19H28O2. The molecule has 0 aromatic carbocycles. The molecule has 3 aliphatic rings. The number of hydrogen-bond donors (Lipinski definition) is 0. The van der Waals surface area contributed by atoms with Crippen molar-refractivity contribution in [1.82, 2.24) is 0 Å². The number of aldehydes is 2. The van der Waals surface area contributed by atoms with Crippen molar-refractivity contribution >= 4 is 12.6 Å². The lowest BCUT2D eigenvalue weighted by molar-refractivity contribution is -0.129. The summed E-state index contributed by atoms with van der Waals surface area (Å²) < 4.78 is 0. The fraction of sp³-hybridized carbons (Fsp3) is 0.789. The van der Waals surface area contributed by atoms with Gasteiger partial charge >= 0.3 is 0 Å². The Bertz CT molecular complexity index is 494. The van der Waals surface area contributed by atoms with E-state index in [0.29, 0.717) is 11.8 Å². The van der Waals surface area contributed by atoms with Gasteiger partial charge in [0.2, 0.25) is 0 Å². The monoisotopic (exact) mass is 288 g/mol. The first kappa shape index (κ1) is 15.0. The fourth-order valence-electron chi connectivity index (χ4n) is 5.85. The molecule has 0 spiro atoms. The highest BCUT2D eigenvalue weighted by Gasteiger charge is 2.56. The summed E-state index contributed by atoms with van der Waals surface area (Å²) in [7, 11) is 0. The topological polar surface area (TPSA) is 34.1 Å². The van der Waals surface area contributed by atoms with Gasteiger partial charge in [-0.1, -0.05) is 38.8 Å². The molecule has 2 heteroatoms. The molecule has 0 aromatic rings. The average Bonchev–Trinajstić information content (AvgIpc) is 2.48. The fourth-order valence-corrected chi connectivity index (χ4v) is 5.85. The summed E-state index contributed by atoms with van der Waals surface area (Å²) in [6, 6.07) is 0. The molecule has 0 bridgehead atoms. The predicted octanol–water partition coefficient (Wildman–Crippen LogP) is 4.33. The van der Waals surface area contributed by atoms with Gasteiger partial charge in [0, 0.05) is 10.8 Å². The Labute approximate surface area is 128 Å². The maximum absolute atomic E-state index is 11.7. The molecule has 3 rings (SSSR count). The molecule has 3 aliphatic carbocycles. The Morgan fingerprint density at radius 1 is 1.00 bits per heavy atom. The molecule has 21 heavy (non-hydrogen) atoms. The Hall–Kier alpha value is -0.920. The Morgan fingerprint density at radius 2 is 1.71 bits per heavy atom. The van der Waals surface area contributed by atoms with Crippen LogP contribution in [0.3, 0.4) is 0 Å². The zero-order valence-corrected chi connectivity index (χ0v) is 13.7. The third-order valence-electron chi connectivity index (χ3n) is 7.14. The first-order chi connectivity index (χ1) is 9.89. The van der Waals surface area contributed by atoms with Gasteiger partial charge in [0.15, 0.2) is 0 Å². The van der Waals surface area contributed by atoms with Crippen LogP contribution < -0.4 is 0 Å². The number of rotatable bonds is 2. The van der Waals surface area contributed by atoms with Crippen molar-refractivity contribution in [2.24, 2.45) is 28.1 Å². The lowest BCUT2D eigenvalue weighted by Gasteiger charge is -2.59. The maximum atomic E-state index is 11.7. The Kier molecular flexibility index (Phi) is 3.42. The van der Waals surface area contributed by atoms with Gasteiger partial charge in [0.1, 0.15) is 12.6 Å². The quantitative estimate of drug-likeness (QED) is 0.560. The van der Waals surface area contributed by atoms with Crippen LogP contribution in [-0.2, 0) is 9.59 Å². The standard InChI is InChI=1S/C19H28O2/c1-17(12-20)9-4-6-15-14(17)7-8-16-18(2,13-21)10-5-11-19(15,16)3/h6,12-14,16H,4-5,7-11H2,1-3H3/t14-,16+,17-,18-,19-/m0/s1. The minimum atomic E-state index is -0.187. The summed E-state index contributed by atoms with van der Waals surface area (Å²) in [6.07, 6.45) is 12.3. The number of hydrogen-bond acceptors (Lipinski definition) is 2. The van der Waals surface area contributed by atoms with Gasteiger partial charge in [-0.15, -0.1) is 0 Å². The van der Waals surface area contributed by atoms with E-state index in [1.165, 1.54) is 24.6 Å². The third-order valence-corrected chi connectivity index (χ3v) is 7.14. The molecule has 2 saturated carbocycles. The first-order valence-electron chi connectivity index (χ1n) is 8.53. The normalized spacial score (nSPS) is 49.6. The molecule has 2 fully saturated rings. The van der Waals surface area contributed by atoms with Crippen LogP contribution in [0.5, 0.6) is 0 Å². The van der Waals surface area contributed by atoms with E-state index in [2.05, 4.69) is 26.8 Å². The van der Waals surface area contributed by atoms with Crippen molar-refractivity contribution in [1.29, 1.82) is 0 Å². The summed E-state index contributed by atoms with van der Waals surface area (Å²) in [5, 5.41) is 0. The highest BCUT2D eigenvalue weighted by atomic mass is 16.1. The van der Waals surface area contributed by atoms with Crippen LogP contribution in [0.1, 0.15) is 65.7 Å². The largest absolute Gasteiger partial charge is 0.303 e. The van der Waals surface area contributed by atoms with Gasteiger partial charge in [-0.25, -0.2) is 0 Å². The predicted molar refractivity (Wildman–Crippen MR) is 83.8 cm³/mol. The van der Waals surface area contributed by atoms with Crippen LogP contribution in [0.4, 0.5) is 0 Å². The van der Waals surface area contributed by atoms with Gasteiger partial charge in [0.25, 0.3) is 0 Å². The van der Waals surface area contributed by atoms with E-state index < -0.39 is 0 Å². The van der Waals surface area contributed by atoms with E-state index in [4.69, 9.17) is 0 Å². The van der Waals surface area contributed by atoms with Crippen LogP contribution in [0.2, 0.25) is 0 Å². The van der Waals surface area contributed by atoms with E-state index in [1.807, 2.05) is 0 Å². The van der Waals surface area contributed by atoms with Gasteiger partial charge in [-0.05, 0) is 55.8 Å². The highest BCUT2D eigenvalue weighted by molar-refractivity contribution is 5.63. The molecule has 0 N–H and O–H groups in total. The summed E-state index contributed by atoms with van der Waals surface area (Å²) in [5.74, 6) is 0.853. The molecular weight excluding hydrogens is 260 g/mol. The minimum absolute atomic E-state index is 0.127. The second-order valence-corrected chi connectivity index (χ2v) is 8.40. The summed E-state index contributed by atoms with van der Waals surface area (Å²) in [5.41, 5.74) is 1.27. The average molecular weight is 288 g/mol. The zero-order chi connectivity index (χ0) is 15.3. The van der Waals surface area contributed by atoms with Crippen molar-refractivity contribution in [2.45, 2.75) is 65.7 Å². The minimum Gasteiger partial charge on any atom is -0.303 e. The lowest BCUT2D eigenvalue weighted by atomic mass is 9.45. The Balaban J connectivity index is 2.04. The highest BCUT2D eigenvalue weighted by Crippen LogP contribution is 2.64. The number of carbonyl (C=O) groups is 2. The molecule has 116 valence electrons. The van der Waals surface area contributed by atoms with Crippen molar-refractivity contribution in [2.75, 3.05) is 0 Å². The molecule has 2 nitrogen and oxygen atoms in total. The van der Waals surface area contributed by atoms with Crippen LogP contribution in [0.25, 0.3) is 0 Å². The second kappa shape index (κ2) is 4.79. The van der Waals surface area contributed by atoms with E-state index in [9.17, 15) is 9.59 Å². The van der Waals surface area contributed by atoms with E-state index in [0.717, 1.165) is 38.5 Å². The molecule has 0 aromatic heterocycles. The van der Waals surface area contributed by atoms with Gasteiger partial charge in [-0.3, -0.25) is 0 Å². The van der Waals surface area contributed by atoms with Crippen molar-refractivity contribution in [3.8, 4) is 0 Å². The number of allylic oxidation sites excluding steroid dienone is 2. The molecule has 0 radical (unpaired) electrons. The molecule has 5 atom stereocenters. The Morgan fingerprint density at radius 3 is 2.38 bits per heavy atom. The van der Waals surface area contributed by atoms with Crippen LogP contribution in [0.15, 0.2) is 11.6 Å². The van der Waals surface area contributed by atoms with E-state index >= 15 is 0 Å². The zero-order valence-electron chi connectivity index (χ0n) is 13.7. The molecule has 0 unspecified atom stereocenters. The molecule has 0 aliphatic heterocycles. The van der Waals surface area contributed by atoms with Crippen LogP contribution in [0, 0.1) is 28.1 Å². The van der Waals surface area contributed by atoms with Crippen molar-refractivity contribution in [3.05, 3.63) is 11.6 Å². The van der Waals surface area contributed by atoms with Crippen molar-refractivity contribution in [3.63, 3.8) is 0 Å². The molecule has 0 heterocycles. The molecule has 0 amide bonds. The van der Waals surface area contributed by atoms with Crippen LogP contribution in [-0.4, -0.2) is 12.6 Å². The second-order valence-electron chi connectivity index (χ2n) is 8.40. The SMILES string of the molecule is C[C@@]12CCC[C@@](C)(C=O)[C@H]1CC[C@H]1C2=CCC[C@@]1(C)C=O. The van der Waals surface area contributed by atoms with Gasteiger partial charge in [-0.2, -0.15) is 0 Å². The van der Waals surface area contributed by atoms with Crippen molar-refractivity contribution < 1.29 is 9.59 Å². The van der Waals surface area contributed by atoms with Gasteiger partial charge in [0.05, 0.1) is 0 Å². The summed E-state index contributed by atoms with van der Waals surface area (Å²) in [4.78, 5) is 23.4. The van der Waals surface area contributed by atoms with Crippen LogP contribution >= 0.6 is 0 Å². The number of carbonyl (C=O) groups excluding carboxylic acids is 2. The molecule has 0 saturated heterocycles.